The molecule has 0 aliphatic heterocycles. The maximum atomic E-state index is 14.7. The average Bonchev–Trinajstić information content (AvgIpc) is 2.99. The van der Waals surface area contributed by atoms with Crippen molar-refractivity contribution in [1.82, 2.24) is 16.0 Å². The molecular formula is C32H31ClF5N3O4. The van der Waals surface area contributed by atoms with Crippen LogP contribution >= 0.6 is 11.6 Å². The Bertz CT molecular complexity index is 1490. The maximum Gasteiger partial charge on any atom is 0.405 e. The highest BCUT2D eigenvalue weighted by molar-refractivity contribution is 6.30. The minimum atomic E-state index is -4.99. The molecule has 7 nitrogen and oxygen atoms in total. The van der Waals surface area contributed by atoms with Crippen LogP contribution in [0.5, 0.6) is 0 Å². The van der Waals surface area contributed by atoms with E-state index in [0.717, 1.165) is 16.4 Å². The maximum absolute atomic E-state index is 14.7. The number of ketones is 1. The van der Waals surface area contributed by atoms with Crippen LogP contribution in [0.15, 0.2) is 84.9 Å². The standard InChI is InChI=1S/C32H31ClF5N3O4/c1-19(2)26(28(43)32(37,38)30(45)39-18-31(34,35)36)41-29(44)27(21-12-7-4-8-13-21)40-25(42)17-24(20-10-5-3-6-11-20)22-14-9-15-23(33)16-22/h3-16,19,24,26-27H,17-18H2,1-2H3,(H,39,45)(H,40,42)(H,41,44)/t24?,26-,27-/m0/s1. The van der Waals surface area contributed by atoms with Crippen LogP contribution in [0.2, 0.25) is 5.02 Å². The van der Waals surface area contributed by atoms with Crippen molar-refractivity contribution in [3.8, 4) is 0 Å². The van der Waals surface area contributed by atoms with Crippen molar-refractivity contribution in [3.05, 3.63) is 107 Å². The smallest absolute Gasteiger partial charge is 0.344 e. The number of carbonyl (C=O) groups is 4. The molecule has 0 saturated carbocycles. The minimum Gasteiger partial charge on any atom is -0.344 e. The molecular weight excluding hydrogens is 621 g/mol. The fourth-order valence-corrected chi connectivity index (χ4v) is 4.76. The summed E-state index contributed by atoms with van der Waals surface area (Å²) in [7, 11) is 0. The van der Waals surface area contributed by atoms with Gasteiger partial charge in [0.25, 0.3) is 5.91 Å². The van der Waals surface area contributed by atoms with Gasteiger partial charge >= 0.3 is 12.1 Å². The number of nitrogens with one attached hydrogen (secondary N) is 3. The summed E-state index contributed by atoms with van der Waals surface area (Å²) >= 11 is 6.20. The normalized spacial score (nSPS) is 13.8. The minimum absolute atomic E-state index is 0.148. The van der Waals surface area contributed by atoms with E-state index in [1.165, 1.54) is 26.0 Å². The third-order valence-electron chi connectivity index (χ3n) is 6.83. The molecule has 45 heavy (non-hydrogen) atoms. The van der Waals surface area contributed by atoms with Crippen LogP contribution in [0, 0.1) is 5.92 Å². The summed E-state index contributed by atoms with van der Waals surface area (Å²) in [4.78, 5) is 51.6. The van der Waals surface area contributed by atoms with Crippen molar-refractivity contribution in [3.63, 3.8) is 0 Å². The number of Topliss-reactive ketones (excluding diaryl/α,β-unsaturated/α-hetero) is 1. The largest absolute Gasteiger partial charge is 0.405 e. The van der Waals surface area contributed by atoms with E-state index in [4.69, 9.17) is 11.6 Å². The summed E-state index contributed by atoms with van der Waals surface area (Å²) in [5.74, 6) is -12.6. The van der Waals surface area contributed by atoms with Crippen molar-refractivity contribution < 1.29 is 41.1 Å². The molecule has 0 aliphatic rings. The molecule has 240 valence electrons. The lowest BCUT2D eigenvalue weighted by molar-refractivity contribution is -0.165. The molecule has 3 rings (SSSR count). The first kappa shape index (κ1) is 35.2. The number of benzene rings is 3. The molecule has 3 atom stereocenters. The van der Waals surface area contributed by atoms with E-state index in [-0.39, 0.29) is 12.0 Å². The molecule has 3 N–H and O–H groups in total. The van der Waals surface area contributed by atoms with Gasteiger partial charge in [0.05, 0.1) is 6.04 Å². The monoisotopic (exact) mass is 651 g/mol. The highest BCUT2D eigenvalue weighted by atomic mass is 35.5. The Morgan fingerprint density at radius 2 is 1.31 bits per heavy atom. The van der Waals surface area contributed by atoms with Crippen LogP contribution in [0.25, 0.3) is 0 Å². The molecule has 0 aliphatic carbocycles. The molecule has 0 saturated heterocycles. The van der Waals surface area contributed by atoms with Crippen LogP contribution in [0.1, 0.15) is 48.9 Å². The Labute approximate surface area is 261 Å². The number of hydrogen-bond acceptors (Lipinski definition) is 4. The van der Waals surface area contributed by atoms with Crippen molar-refractivity contribution >= 4 is 35.1 Å². The molecule has 0 fully saturated rings. The number of amides is 3. The van der Waals surface area contributed by atoms with Crippen LogP contribution in [0.4, 0.5) is 22.0 Å². The van der Waals surface area contributed by atoms with E-state index in [0.29, 0.717) is 5.02 Å². The van der Waals surface area contributed by atoms with Gasteiger partial charge in [-0.2, -0.15) is 22.0 Å². The summed E-state index contributed by atoms with van der Waals surface area (Å²) in [6.07, 6.45) is -5.14. The summed E-state index contributed by atoms with van der Waals surface area (Å²) < 4.78 is 66.8. The van der Waals surface area contributed by atoms with Crippen molar-refractivity contribution in [2.75, 3.05) is 6.54 Å². The number of hydrogen-bond donors (Lipinski definition) is 3. The van der Waals surface area contributed by atoms with Gasteiger partial charge in [-0.15, -0.1) is 0 Å². The van der Waals surface area contributed by atoms with E-state index in [9.17, 15) is 41.1 Å². The average molecular weight is 652 g/mol. The molecule has 0 spiro atoms. The molecule has 0 radical (unpaired) electrons. The molecule has 13 heteroatoms. The van der Waals surface area contributed by atoms with Crippen LogP contribution in [-0.2, 0) is 19.2 Å². The van der Waals surface area contributed by atoms with E-state index in [1.54, 1.807) is 54.6 Å². The molecule has 3 aromatic rings. The molecule has 0 heterocycles. The Balaban J connectivity index is 1.86. The molecule has 0 bridgehead atoms. The molecule has 3 aromatic carbocycles. The molecule has 0 aromatic heterocycles. The predicted molar refractivity (Wildman–Crippen MR) is 157 cm³/mol. The first-order valence-corrected chi connectivity index (χ1v) is 14.2. The second-order valence-corrected chi connectivity index (χ2v) is 11.0. The van der Waals surface area contributed by atoms with E-state index in [2.05, 4.69) is 10.6 Å². The number of carbonyl (C=O) groups excluding carboxylic acids is 4. The number of rotatable bonds is 13. The summed E-state index contributed by atoms with van der Waals surface area (Å²) in [5.41, 5.74) is 1.76. The topological polar surface area (TPSA) is 104 Å². The fraction of sp³-hybridized carbons (Fsp3) is 0.312. The second-order valence-electron chi connectivity index (χ2n) is 10.6. The van der Waals surface area contributed by atoms with Gasteiger partial charge in [-0.05, 0) is 34.7 Å². The van der Waals surface area contributed by atoms with Gasteiger partial charge in [0.2, 0.25) is 17.6 Å². The third-order valence-corrected chi connectivity index (χ3v) is 7.07. The summed E-state index contributed by atoms with van der Waals surface area (Å²) in [5, 5.41) is 6.24. The van der Waals surface area contributed by atoms with Crippen molar-refractivity contribution in [1.29, 1.82) is 0 Å². The first-order valence-electron chi connectivity index (χ1n) is 13.8. The van der Waals surface area contributed by atoms with E-state index >= 15 is 0 Å². The molecule has 3 amide bonds. The highest BCUT2D eigenvalue weighted by Crippen LogP contribution is 2.30. The van der Waals surface area contributed by atoms with E-state index in [1.807, 2.05) is 18.2 Å². The second kappa shape index (κ2) is 15.1. The summed E-state index contributed by atoms with van der Waals surface area (Å²) in [6.45, 7) is 0.533. The van der Waals surface area contributed by atoms with Gasteiger partial charge in [-0.3, -0.25) is 19.2 Å². The summed E-state index contributed by atoms with van der Waals surface area (Å²) in [6, 6.07) is 20.3. The van der Waals surface area contributed by atoms with Gasteiger partial charge in [-0.1, -0.05) is 98.2 Å². The zero-order valence-corrected chi connectivity index (χ0v) is 25.0. The SMILES string of the molecule is CC(C)[C@H](NC(=O)[C@@H](NC(=O)CC(c1ccccc1)c1cccc(Cl)c1)c1ccccc1)C(=O)C(F)(F)C(=O)NCC(F)(F)F. The third kappa shape index (κ3) is 9.84. The zero-order valence-electron chi connectivity index (χ0n) is 24.2. The van der Waals surface area contributed by atoms with Gasteiger partial charge in [-0.25, -0.2) is 0 Å². The van der Waals surface area contributed by atoms with Crippen molar-refractivity contribution in [2.24, 2.45) is 5.92 Å². The van der Waals surface area contributed by atoms with Gasteiger partial charge < -0.3 is 16.0 Å². The highest BCUT2D eigenvalue weighted by Gasteiger charge is 2.52. The lowest BCUT2D eigenvalue weighted by Gasteiger charge is -2.28. The Morgan fingerprint density at radius 3 is 1.84 bits per heavy atom. The first-order chi connectivity index (χ1) is 21.1. The fourth-order valence-electron chi connectivity index (χ4n) is 4.56. The van der Waals surface area contributed by atoms with Crippen LogP contribution < -0.4 is 16.0 Å². The number of alkyl halides is 5. The Hall–Kier alpha value is -4.32. The van der Waals surface area contributed by atoms with Gasteiger partial charge in [0.1, 0.15) is 12.6 Å². The lowest BCUT2D eigenvalue weighted by atomic mass is 9.88. The van der Waals surface area contributed by atoms with Crippen molar-refractivity contribution in [2.45, 2.75) is 50.4 Å². The molecule has 1 unspecified atom stereocenters. The predicted octanol–water partition coefficient (Wildman–Crippen LogP) is 5.74. The zero-order chi connectivity index (χ0) is 33.4. The van der Waals surface area contributed by atoms with Crippen LogP contribution in [-0.4, -0.2) is 48.2 Å². The quantitative estimate of drug-likeness (QED) is 0.162. The Morgan fingerprint density at radius 1 is 0.756 bits per heavy atom. The Kier molecular flexibility index (Phi) is 11.8. The van der Waals surface area contributed by atoms with E-state index < -0.39 is 66.1 Å². The van der Waals surface area contributed by atoms with Gasteiger partial charge in [0, 0.05) is 17.4 Å². The van der Waals surface area contributed by atoms with Crippen LogP contribution in [0.3, 0.4) is 0 Å². The van der Waals surface area contributed by atoms with Gasteiger partial charge in [0.15, 0.2) is 0 Å². The number of halogens is 6. The lowest BCUT2D eigenvalue weighted by Crippen LogP contribution is -2.58.